The van der Waals surface area contributed by atoms with Crippen molar-refractivity contribution < 1.29 is 46.6 Å². The lowest BCUT2D eigenvalue weighted by molar-refractivity contribution is -0.122. The van der Waals surface area contributed by atoms with Gasteiger partial charge in [0.1, 0.15) is 28.9 Å². The number of benzene rings is 4. The zero-order valence-corrected chi connectivity index (χ0v) is 37.7. The van der Waals surface area contributed by atoms with Crippen LogP contribution in [-0.2, 0) is 35.5 Å². The molecule has 0 unspecified atom stereocenters. The predicted molar refractivity (Wildman–Crippen MR) is 246 cm³/mol. The molecule has 2 fully saturated rings. The van der Waals surface area contributed by atoms with Gasteiger partial charge in [0, 0.05) is 92.5 Å². The van der Waals surface area contributed by atoms with Crippen LogP contribution in [0.5, 0.6) is 0 Å². The molecule has 18 heteroatoms. The Hall–Kier alpha value is -6.56. The summed E-state index contributed by atoms with van der Waals surface area (Å²) in [5, 5.41) is 22.1. The molecule has 14 nitrogen and oxygen atoms in total. The van der Waals surface area contributed by atoms with Crippen molar-refractivity contribution in [1.82, 2.24) is 25.8 Å². The van der Waals surface area contributed by atoms with Crippen LogP contribution in [-0.4, -0.2) is 96.5 Å². The number of rotatable bonds is 13. The molecule has 2 aliphatic rings. The molecular weight excluding hydrogens is 861 g/mol. The average Bonchev–Trinajstić information content (AvgIpc) is 3.27. The van der Waals surface area contributed by atoms with Crippen molar-refractivity contribution in [1.29, 1.82) is 0 Å². The summed E-state index contributed by atoms with van der Waals surface area (Å²) >= 11 is 0. The molecule has 0 atom stereocenters. The first-order chi connectivity index (χ1) is 31.5. The minimum atomic E-state index is -0.668. The third-order valence-electron chi connectivity index (χ3n) is 10.6. The Kier molecular flexibility index (Phi) is 20.8. The Morgan fingerprint density at radius 3 is 1.42 bits per heavy atom. The topological polar surface area (TPSA) is 190 Å². The smallest absolute Gasteiger partial charge is 0.407 e. The number of urea groups is 2. The van der Waals surface area contributed by atoms with Crippen LogP contribution in [0.2, 0.25) is 0 Å². The highest BCUT2D eigenvalue weighted by molar-refractivity contribution is 5.75. The fraction of sp³-hybridized carbons (Fsp3) is 0.417. The summed E-state index contributed by atoms with van der Waals surface area (Å²) in [5.74, 6) is -2.59. The number of carbonyl (C=O) groups is 4. The monoisotopic (exact) mass is 922 g/mol. The number of likely N-dealkylation sites (tertiary alicyclic amines) is 2. The van der Waals surface area contributed by atoms with E-state index in [9.17, 15) is 31.9 Å². The van der Waals surface area contributed by atoms with Gasteiger partial charge in [-0.25, -0.2) is 31.9 Å². The zero-order valence-electron chi connectivity index (χ0n) is 37.7. The van der Waals surface area contributed by atoms with Crippen LogP contribution in [0.25, 0.3) is 0 Å². The number of amides is 5. The van der Waals surface area contributed by atoms with E-state index in [-0.39, 0.29) is 48.8 Å². The van der Waals surface area contributed by atoms with Gasteiger partial charge in [0.15, 0.2) is 0 Å². The standard InChI is InChI=1S/C26H34F2N4O3.C21H26F2N4O.CH2O2/c1-26(2,3)35-25(34)29-13-10-18-4-8-21(9-5-18)31-22-11-14-32(15-12-22)24(33)30-17-19-6-7-20(27)16-23(19)28;22-17-4-3-16(20(23)13-17)14-25-21(28)27-11-8-19(9-12-27)26-18-5-1-15(2-6-18)7-10-24;2-1-3/h4-9,16,22,31H,10-15,17H2,1-3H3,(H,29,34)(H,30,33);1-6,13,19,26H,7-12,14,24H2,(H,25,28);1H,(H,2,3). The average molecular weight is 923 g/mol. The van der Waals surface area contributed by atoms with E-state index >= 15 is 0 Å². The summed E-state index contributed by atoms with van der Waals surface area (Å²) in [7, 11) is 0. The van der Waals surface area contributed by atoms with Gasteiger partial charge in [0.2, 0.25) is 0 Å². The number of nitrogens with two attached hydrogens (primary N) is 1. The van der Waals surface area contributed by atoms with E-state index in [2.05, 4.69) is 50.8 Å². The van der Waals surface area contributed by atoms with Gasteiger partial charge in [-0.1, -0.05) is 36.4 Å². The van der Waals surface area contributed by atoms with Crippen LogP contribution in [0.4, 0.5) is 43.3 Å². The van der Waals surface area contributed by atoms with Crippen molar-refractivity contribution in [2.24, 2.45) is 5.73 Å². The zero-order chi connectivity index (χ0) is 48.1. The highest BCUT2D eigenvalue weighted by Gasteiger charge is 2.24. The molecule has 4 aromatic rings. The van der Waals surface area contributed by atoms with Gasteiger partial charge in [0.25, 0.3) is 6.47 Å². The summed E-state index contributed by atoms with van der Waals surface area (Å²) in [4.78, 5) is 48.2. The van der Waals surface area contributed by atoms with Gasteiger partial charge in [-0.2, -0.15) is 0 Å². The van der Waals surface area contributed by atoms with E-state index in [4.69, 9.17) is 20.4 Å². The van der Waals surface area contributed by atoms with Crippen LogP contribution < -0.4 is 32.3 Å². The molecule has 66 heavy (non-hydrogen) atoms. The molecule has 2 aliphatic heterocycles. The number of carboxylic acid groups (broad SMARTS) is 1. The molecule has 2 saturated heterocycles. The van der Waals surface area contributed by atoms with Crippen LogP contribution in [0.15, 0.2) is 84.9 Å². The third kappa shape index (κ3) is 18.5. The number of nitrogens with one attached hydrogen (secondary N) is 5. The predicted octanol–water partition coefficient (Wildman–Crippen LogP) is 7.77. The maximum atomic E-state index is 13.7. The van der Waals surface area contributed by atoms with E-state index in [1.54, 1.807) is 9.80 Å². The largest absolute Gasteiger partial charge is 0.483 e. The number of carbonyl (C=O) groups excluding carboxylic acids is 3. The summed E-state index contributed by atoms with van der Waals surface area (Å²) in [6, 6.07) is 23.1. The number of alkyl carbamates (subject to hydrolysis) is 1. The molecule has 8 N–H and O–H groups in total. The van der Waals surface area contributed by atoms with E-state index in [0.717, 1.165) is 61.2 Å². The summed E-state index contributed by atoms with van der Waals surface area (Å²) in [6.45, 7) is 8.85. The minimum absolute atomic E-state index is 0.0166. The fourth-order valence-corrected chi connectivity index (χ4v) is 7.15. The van der Waals surface area contributed by atoms with Gasteiger partial charge in [-0.3, -0.25) is 4.79 Å². The number of anilines is 2. The maximum Gasteiger partial charge on any atom is 0.407 e. The van der Waals surface area contributed by atoms with Crippen molar-refractivity contribution in [3.05, 3.63) is 130 Å². The molecule has 0 radical (unpaired) electrons. The number of hydrogen-bond donors (Lipinski definition) is 7. The van der Waals surface area contributed by atoms with E-state index in [0.29, 0.717) is 51.7 Å². The summed E-state index contributed by atoms with van der Waals surface area (Å²) in [6.07, 6.45) is 4.41. The van der Waals surface area contributed by atoms with Crippen molar-refractivity contribution >= 4 is 36.0 Å². The van der Waals surface area contributed by atoms with Crippen molar-refractivity contribution in [2.75, 3.05) is 49.9 Å². The molecule has 6 rings (SSSR count). The van der Waals surface area contributed by atoms with Gasteiger partial charge < -0.3 is 52.0 Å². The van der Waals surface area contributed by atoms with E-state index in [1.165, 1.54) is 29.8 Å². The lowest BCUT2D eigenvalue weighted by atomic mass is 10.0. The first-order valence-electron chi connectivity index (χ1n) is 21.9. The van der Waals surface area contributed by atoms with Crippen LogP contribution >= 0.6 is 0 Å². The molecule has 2 heterocycles. The quantitative estimate of drug-likeness (QED) is 0.0519. The first-order valence-corrected chi connectivity index (χ1v) is 21.9. The Balaban J connectivity index is 0.000000278. The normalized spacial score (nSPS) is 14.1. The number of nitrogens with zero attached hydrogens (tertiary/aromatic N) is 2. The number of hydrogen-bond acceptors (Lipinski definition) is 8. The molecule has 0 saturated carbocycles. The maximum absolute atomic E-state index is 13.7. The third-order valence-corrected chi connectivity index (χ3v) is 10.6. The van der Waals surface area contributed by atoms with Gasteiger partial charge in [0.05, 0.1) is 0 Å². The number of piperidine rings is 2. The van der Waals surface area contributed by atoms with Gasteiger partial charge >= 0.3 is 18.2 Å². The molecule has 0 bridgehead atoms. The highest BCUT2D eigenvalue weighted by atomic mass is 19.1. The van der Waals surface area contributed by atoms with Crippen LogP contribution in [0, 0.1) is 23.3 Å². The van der Waals surface area contributed by atoms with Crippen LogP contribution in [0.3, 0.4) is 0 Å². The van der Waals surface area contributed by atoms with E-state index < -0.39 is 35.0 Å². The second-order valence-corrected chi connectivity index (χ2v) is 16.8. The summed E-state index contributed by atoms with van der Waals surface area (Å²) < 4.78 is 58.6. The Morgan fingerprint density at radius 2 is 1.06 bits per heavy atom. The molecule has 0 aliphatic carbocycles. The molecule has 5 amide bonds. The Morgan fingerprint density at radius 1 is 0.667 bits per heavy atom. The Bertz CT molecular complexity index is 2140. The second kappa shape index (κ2) is 26.4. The van der Waals surface area contributed by atoms with Crippen molar-refractivity contribution in [3.63, 3.8) is 0 Å². The molecule has 358 valence electrons. The second-order valence-electron chi connectivity index (χ2n) is 16.8. The highest BCUT2D eigenvalue weighted by Crippen LogP contribution is 2.20. The number of halogens is 4. The van der Waals surface area contributed by atoms with Crippen molar-refractivity contribution in [2.45, 2.75) is 90.1 Å². The molecule has 0 aromatic heterocycles. The van der Waals surface area contributed by atoms with E-state index in [1.807, 2.05) is 45.0 Å². The molecular formula is C48H62F4N8O6. The minimum Gasteiger partial charge on any atom is -0.483 e. The van der Waals surface area contributed by atoms with Crippen LogP contribution in [0.1, 0.15) is 68.7 Å². The van der Waals surface area contributed by atoms with Crippen molar-refractivity contribution in [3.8, 4) is 0 Å². The molecule has 0 spiro atoms. The fourth-order valence-electron chi connectivity index (χ4n) is 7.15. The lowest BCUT2D eigenvalue weighted by Crippen LogP contribution is -2.46. The SMILES string of the molecule is CC(C)(C)OC(=O)NCCc1ccc(NC2CCN(C(=O)NCc3ccc(F)cc3F)CC2)cc1.NCCc1ccc(NC2CCN(C(=O)NCc3ccc(F)cc3F)CC2)cc1.O=CO. The van der Waals surface area contributed by atoms with Gasteiger partial charge in [-0.05, 0) is 113 Å². The number of ether oxygens (including phenoxy) is 1. The molecule has 4 aromatic carbocycles. The van der Waals surface area contributed by atoms with Gasteiger partial charge in [-0.15, -0.1) is 0 Å². The lowest BCUT2D eigenvalue weighted by Gasteiger charge is -2.33. The first kappa shape index (κ1) is 52.1. The summed E-state index contributed by atoms with van der Waals surface area (Å²) in [5.41, 5.74) is 9.97. The Labute approximate surface area is 383 Å².